The third-order valence-corrected chi connectivity index (χ3v) is 5.52. The lowest BCUT2D eigenvalue weighted by Gasteiger charge is -2.36. The molecule has 5 nitrogen and oxygen atoms in total. The molecule has 2 atom stereocenters. The SMILES string of the molecule is CCC1CCCCN1C(=O)C1CC(=O)N(c2cc(Cl)ccc2OC)C1. The lowest BCUT2D eigenvalue weighted by molar-refractivity contribution is -0.139. The second-order valence-corrected chi connectivity index (χ2v) is 7.25. The highest BCUT2D eigenvalue weighted by molar-refractivity contribution is 6.31. The van der Waals surface area contributed by atoms with Crippen LogP contribution < -0.4 is 9.64 Å². The summed E-state index contributed by atoms with van der Waals surface area (Å²) in [5.41, 5.74) is 0.640. The number of benzene rings is 1. The summed E-state index contributed by atoms with van der Waals surface area (Å²) in [6.45, 7) is 3.32. The predicted octanol–water partition coefficient (Wildman–Crippen LogP) is 3.49. The van der Waals surface area contributed by atoms with Crippen molar-refractivity contribution >= 4 is 29.1 Å². The molecule has 2 amide bonds. The van der Waals surface area contributed by atoms with Gasteiger partial charge in [-0.05, 0) is 43.9 Å². The average Bonchev–Trinajstić information content (AvgIpc) is 3.02. The standard InChI is InChI=1S/C19H25ClN2O3/c1-3-15-6-4-5-9-21(15)19(24)13-10-18(23)22(12-13)16-11-14(20)7-8-17(16)25-2/h7-8,11,13,15H,3-6,9-10,12H2,1-2H3. The van der Waals surface area contributed by atoms with E-state index < -0.39 is 0 Å². The molecule has 0 radical (unpaired) electrons. The Hall–Kier alpha value is -1.75. The minimum absolute atomic E-state index is 0.0519. The largest absolute Gasteiger partial charge is 0.495 e. The van der Waals surface area contributed by atoms with Gasteiger partial charge in [0.25, 0.3) is 0 Å². The predicted molar refractivity (Wildman–Crippen MR) is 98.1 cm³/mol. The number of hydrogen-bond acceptors (Lipinski definition) is 3. The van der Waals surface area contributed by atoms with Crippen molar-refractivity contribution in [2.24, 2.45) is 5.92 Å². The Morgan fingerprint density at radius 2 is 2.16 bits per heavy atom. The van der Waals surface area contributed by atoms with Gasteiger partial charge in [-0.25, -0.2) is 0 Å². The molecular formula is C19H25ClN2O3. The molecule has 0 aliphatic carbocycles. The summed E-state index contributed by atoms with van der Waals surface area (Å²) in [4.78, 5) is 29.2. The molecule has 1 aromatic rings. The van der Waals surface area contributed by atoms with Gasteiger partial charge in [-0.2, -0.15) is 0 Å². The van der Waals surface area contributed by atoms with Crippen LogP contribution in [0.4, 0.5) is 5.69 Å². The molecule has 2 unspecified atom stereocenters. The van der Waals surface area contributed by atoms with Gasteiger partial charge >= 0.3 is 0 Å². The van der Waals surface area contributed by atoms with Crippen LogP contribution in [-0.2, 0) is 9.59 Å². The van der Waals surface area contributed by atoms with Gasteiger partial charge in [-0.15, -0.1) is 0 Å². The van der Waals surface area contributed by atoms with Crippen molar-refractivity contribution in [3.05, 3.63) is 23.2 Å². The van der Waals surface area contributed by atoms with Crippen molar-refractivity contribution in [3.8, 4) is 5.75 Å². The number of halogens is 1. The highest BCUT2D eigenvalue weighted by atomic mass is 35.5. The van der Waals surface area contributed by atoms with E-state index in [2.05, 4.69) is 6.92 Å². The first-order valence-corrected chi connectivity index (χ1v) is 9.37. The Morgan fingerprint density at radius 3 is 2.88 bits per heavy atom. The van der Waals surface area contributed by atoms with Crippen LogP contribution in [0.25, 0.3) is 0 Å². The van der Waals surface area contributed by atoms with Gasteiger partial charge in [0, 0.05) is 30.6 Å². The first kappa shape index (κ1) is 18.1. The van der Waals surface area contributed by atoms with Gasteiger partial charge in [0.15, 0.2) is 0 Å². The number of nitrogens with zero attached hydrogens (tertiary/aromatic N) is 2. The minimum Gasteiger partial charge on any atom is -0.495 e. The fraction of sp³-hybridized carbons (Fsp3) is 0.579. The Bertz CT molecular complexity index is 664. The van der Waals surface area contributed by atoms with Crippen LogP contribution in [0.5, 0.6) is 5.75 Å². The Labute approximate surface area is 153 Å². The monoisotopic (exact) mass is 364 g/mol. The number of carbonyl (C=O) groups excluding carboxylic acids is 2. The fourth-order valence-electron chi connectivity index (χ4n) is 3.93. The molecule has 1 aromatic carbocycles. The van der Waals surface area contributed by atoms with Crippen LogP contribution in [0.3, 0.4) is 0 Å². The summed E-state index contributed by atoms with van der Waals surface area (Å²) in [5, 5.41) is 0.542. The molecule has 2 aliphatic rings. The normalized spacial score (nSPS) is 23.9. The molecule has 0 saturated carbocycles. The molecule has 25 heavy (non-hydrogen) atoms. The van der Waals surface area contributed by atoms with Crippen molar-refractivity contribution in [3.63, 3.8) is 0 Å². The molecule has 6 heteroatoms. The van der Waals surface area contributed by atoms with E-state index in [9.17, 15) is 9.59 Å². The van der Waals surface area contributed by atoms with Crippen LogP contribution in [0.15, 0.2) is 18.2 Å². The molecule has 0 bridgehead atoms. The summed E-state index contributed by atoms with van der Waals surface area (Å²) in [5.74, 6) is 0.367. The first-order chi connectivity index (χ1) is 12.0. The van der Waals surface area contributed by atoms with E-state index in [1.165, 1.54) is 6.42 Å². The molecule has 2 saturated heterocycles. The van der Waals surface area contributed by atoms with E-state index in [0.717, 1.165) is 25.8 Å². The maximum atomic E-state index is 13.0. The highest BCUT2D eigenvalue weighted by Crippen LogP contribution is 2.36. The number of anilines is 1. The van der Waals surface area contributed by atoms with Crippen molar-refractivity contribution in [1.82, 2.24) is 4.90 Å². The average molecular weight is 365 g/mol. The zero-order valence-electron chi connectivity index (χ0n) is 14.8. The number of rotatable bonds is 4. The van der Waals surface area contributed by atoms with Gasteiger partial charge in [0.1, 0.15) is 5.75 Å². The van der Waals surface area contributed by atoms with Crippen molar-refractivity contribution in [2.75, 3.05) is 25.1 Å². The highest BCUT2D eigenvalue weighted by Gasteiger charge is 2.40. The lowest BCUT2D eigenvalue weighted by Crippen LogP contribution is -2.46. The van der Waals surface area contributed by atoms with Crippen LogP contribution in [0.1, 0.15) is 39.0 Å². The summed E-state index contributed by atoms with van der Waals surface area (Å²) in [6.07, 6.45) is 4.51. The minimum atomic E-state index is -0.289. The van der Waals surface area contributed by atoms with Crippen LogP contribution in [0, 0.1) is 5.92 Å². The number of ether oxygens (including phenoxy) is 1. The summed E-state index contributed by atoms with van der Waals surface area (Å²) in [6, 6.07) is 5.51. The number of hydrogen-bond donors (Lipinski definition) is 0. The second-order valence-electron chi connectivity index (χ2n) is 6.81. The maximum Gasteiger partial charge on any atom is 0.228 e. The molecule has 0 N–H and O–H groups in total. The molecule has 136 valence electrons. The second kappa shape index (κ2) is 7.65. The van der Waals surface area contributed by atoms with Crippen molar-refractivity contribution < 1.29 is 14.3 Å². The van der Waals surface area contributed by atoms with Crippen LogP contribution >= 0.6 is 11.6 Å². The van der Waals surface area contributed by atoms with E-state index in [4.69, 9.17) is 16.3 Å². The zero-order valence-corrected chi connectivity index (χ0v) is 15.6. The van der Waals surface area contributed by atoms with Crippen LogP contribution in [0.2, 0.25) is 5.02 Å². The van der Waals surface area contributed by atoms with Crippen LogP contribution in [-0.4, -0.2) is 43.0 Å². The van der Waals surface area contributed by atoms with E-state index in [1.54, 1.807) is 30.2 Å². The molecule has 0 aromatic heterocycles. The molecule has 2 heterocycles. The topological polar surface area (TPSA) is 49.9 Å². The number of amides is 2. The summed E-state index contributed by atoms with van der Waals surface area (Å²) >= 11 is 6.09. The van der Waals surface area contributed by atoms with E-state index in [-0.39, 0.29) is 24.2 Å². The Balaban J connectivity index is 1.78. The van der Waals surface area contributed by atoms with Gasteiger partial charge in [0.2, 0.25) is 11.8 Å². The molecule has 2 fully saturated rings. The van der Waals surface area contributed by atoms with Crippen molar-refractivity contribution in [2.45, 2.75) is 45.1 Å². The quantitative estimate of drug-likeness (QED) is 0.821. The molecule has 3 rings (SSSR count). The Morgan fingerprint density at radius 1 is 1.36 bits per heavy atom. The lowest BCUT2D eigenvalue weighted by atomic mass is 9.97. The number of piperidine rings is 1. The van der Waals surface area contributed by atoms with Crippen molar-refractivity contribution in [1.29, 1.82) is 0 Å². The number of carbonyl (C=O) groups is 2. The molecule has 2 aliphatic heterocycles. The van der Waals surface area contributed by atoms with E-state index >= 15 is 0 Å². The fourth-order valence-corrected chi connectivity index (χ4v) is 4.10. The maximum absolute atomic E-state index is 13.0. The summed E-state index contributed by atoms with van der Waals surface area (Å²) < 4.78 is 5.36. The molecular weight excluding hydrogens is 340 g/mol. The number of methoxy groups -OCH3 is 1. The van der Waals surface area contributed by atoms with Gasteiger partial charge in [-0.1, -0.05) is 18.5 Å². The smallest absolute Gasteiger partial charge is 0.228 e. The molecule has 0 spiro atoms. The third kappa shape index (κ3) is 3.61. The van der Waals surface area contributed by atoms with Gasteiger partial charge < -0.3 is 14.5 Å². The van der Waals surface area contributed by atoms with E-state index in [0.29, 0.717) is 29.0 Å². The zero-order chi connectivity index (χ0) is 18.0. The first-order valence-electron chi connectivity index (χ1n) is 8.99. The van der Waals surface area contributed by atoms with E-state index in [1.807, 2.05) is 4.90 Å². The third-order valence-electron chi connectivity index (χ3n) is 5.29. The Kier molecular flexibility index (Phi) is 5.52. The van der Waals surface area contributed by atoms with Gasteiger partial charge in [-0.3, -0.25) is 9.59 Å². The number of likely N-dealkylation sites (tertiary alicyclic amines) is 1. The van der Waals surface area contributed by atoms with Gasteiger partial charge in [0.05, 0.1) is 18.7 Å². The summed E-state index contributed by atoms with van der Waals surface area (Å²) in [7, 11) is 1.56.